The molecule has 0 aliphatic carbocycles. The van der Waals surface area contributed by atoms with Crippen molar-refractivity contribution in [2.75, 3.05) is 0 Å². The molecule has 0 bridgehead atoms. The highest BCUT2D eigenvalue weighted by Gasteiger charge is 2.42. The average molecular weight is 562 g/mol. The van der Waals surface area contributed by atoms with Gasteiger partial charge in [-0.1, -0.05) is 98.3 Å². The predicted octanol–water partition coefficient (Wildman–Crippen LogP) is 9.08. The fourth-order valence-electron chi connectivity index (χ4n) is 8.72. The summed E-state index contributed by atoms with van der Waals surface area (Å²) in [5.74, 6) is 0. The van der Waals surface area contributed by atoms with Crippen LogP contribution in [-0.2, 0) is 6.42 Å². The summed E-state index contributed by atoms with van der Waals surface area (Å²) in [7, 11) is 0. The van der Waals surface area contributed by atoms with Gasteiger partial charge in [0.1, 0.15) is 11.2 Å². The second-order valence-corrected chi connectivity index (χ2v) is 12.7. The second kappa shape index (κ2) is 8.03. The number of rotatable bonds is 3. The highest BCUT2D eigenvalue weighted by atomic mass is 16.3. The highest BCUT2D eigenvalue weighted by molar-refractivity contribution is 6.90. The third kappa shape index (κ3) is 2.63. The van der Waals surface area contributed by atoms with Gasteiger partial charge in [0.2, 0.25) is 0 Å². The van der Waals surface area contributed by atoms with Crippen molar-refractivity contribution >= 4 is 83.3 Å². The molecule has 2 aliphatic heterocycles. The smallest absolute Gasteiger partial charge is 0.333 e. The molecule has 0 amide bonds. The predicted molar refractivity (Wildman–Crippen MR) is 186 cm³/mol. The SMILES string of the molecule is CCCCc1ccc2c3cccc4c3n(c2c1)-c1cc2oc3ccccc3c2c2c1B4n1c3ccccc3c3cccc-2c31. The average Bonchev–Trinajstić information content (AvgIpc) is 3.72. The van der Waals surface area contributed by atoms with Crippen molar-refractivity contribution in [2.45, 2.75) is 26.2 Å². The standard InChI is InChI=1S/C40H27BN2O/c1-2-3-10-23-19-20-25-27-14-9-16-30-40(27)42(32(25)21-23)33-22-35-36(28-12-5-7-18-34(28)44-35)37-29-15-8-13-26-24-11-4-6-17-31(24)43(39(26)29)41(30)38(33)37/h4-9,11-22H,2-3,10H2,1H3. The molecule has 0 N–H and O–H groups in total. The Bertz CT molecular complexity index is 2720. The number of aromatic nitrogens is 2. The molecular formula is C40H27BN2O. The molecule has 0 saturated carbocycles. The van der Waals surface area contributed by atoms with Crippen LogP contribution in [0.2, 0.25) is 0 Å². The number of unbranched alkanes of at least 4 members (excludes halogenated alkanes) is 1. The molecule has 0 saturated heterocycles. The van der Waals surface area contributed by atoms with E-state index < -0.39 is 0 Å². The minimum Gasteiger partial charge on any atom is -0.456 e. The summed E-state index contributed by atoms with van der Waals surface area (Å²) in [5, 5.41) is 7.68. The van der Waals surface area contributed by atoms with E-state index in [0.29, 0.717) is 0 Å². The topological polar surface area (TPSA) is 23.0 Å². The Hall–Kier alpha value is -5.22. The van der Waals surface area contributed by atoms with E-state index in [-0.39, 0.29) is 6.85 Å². The normalized spacial score (nSPS) is 13.3. The highest BCUT2D eigenvalue weighted by Crippen LogP contribution is 2.47. The summed E-state index contributed by atoms with van der Waals surface area (Å²) in [6, 6.07) is 40.8. The minimum absolute atomic E-state index is 0.0513. The molecule has 0 unspecified atom stereocenters. The molecular weight excluding hydrogens is 535 g/mol. The van der Waals surface area contributed by atoms with Crippen molar-refractivity contribution < 1.29 is 4.42 Å². The zero-order chi connectivity index (χ0) is 28.7. The van der Waals surface area contributed by atoms with Crippen molar-refractivity contribution in [3.8, 4) is 16.8 Å². The Morgan fingerprint density at radius 1 is 0.659 bits per heavy atom. The summed E-state index contributed by atoms with van der Waals surface area (Å²) in [6.07, 6.45) is 3.50. The van der Waals surface area contributed by atoms with E-state index in [1.165, 1.54) is 101 Å². The fraction of sp³-hybridized carbons (Fsp3) is 0.100. The lowest BCUT2D eigenvalue weighted by atomic mass is 9.45. The van der Waals surface area contributed by atoms with Crippen molar-refractivity contribution in [1.29, 1.82) is 0 Å². The molecule has 11 rings (SSSR count). The molecule has 0 radical (unpaired) electrons. The first-order valence-corrected chi connectivity index (χ1v) is 15.9. The van der Waals surface area contributed by atoms with Crippen LogP contribution in [0.15, 0.2) is 114 Å². The zero-order valence-corrected chi connectivity index (χ0v) is 24.4. The van der Waals surface area contributed by atoms with Crippen LogP contribution in [0.5, 0.6) is 0 Å². The van der Waals surface area contributed by atoms with Gasteiger partial charge in [-0.2, -0.15) is 0 Å². The zero-order valence-electron chi connectivity index (χ0n) is 24.4. The first-order valence-electron chi connectivity index (χ1n) is 15.9. The quantitative estimate of drug-likeness (QED) is 0.197. The molecule has 2 aliphatic rings. The van der Waals surface area contributed by atoms with E-state index in [2.05, 4.69) is 125 Å². The van der Waals surface area contributed by atoms with Crippen molar-refractivity contribution in [3.05, 3.63) is 115 Å². The molecule has 44 heavy (non-hydrogen) atoms. The van der Waals surface area contributed by atoms with E-state index >= 15 is 0 Å². The molecule has 0 fully saturated rings. The molecule has 206 valence electrons. The largest absolute Gasteiger partial charge is 0.456 e. The van der Waals surface area contributed by atoms with Gasteiger partial charge in [0.05, 0.1) is 11.0 Å². The summed E-state index contributed by atoms with van der Waals surface area (Å²) in [5.41, 5.74) is 15.1. The second-order valence-electron chi connectivity index (χ2n) is 12.7. The van der Waals surface area contributed by atoms with Gasteiger partial charge in [-0.25, -0.2) is 0 Å². The van der Waals surface area contributed by atoms with Crippen molar-refractivity contribution in [3.63, 3.8) is 0 Å². The van der Waals surface area contributed by atoms with Gasteiger partial charge < -0.3 is 13.5 Å². The lowest BCUT2D eigenvalue weighted by Gasteiger charge is -2.34. The van der Waals surface area contributed by atoms with E-state index in [1.807, 2.05) is 0 Å². The van der Waals surface area contributed by atoms with Crippen LogP contribution in [0.1, 0.15) is 25.3 Å². The van der Waals surface area contributed by atoms with Gasteiger partial charge in [0.25, 0.3) is 0 Å². The van der Waals surface area contributed by atoms with Crippen LogP contribution in [0.4, 0.5) is 0 Å². The Labute approximate surface area is 254 Å². The van der Waals surface area contributed by atoms with E-state index in [0.717, 1.165) is 17.6 Å². The van der Waals surface area contributed by atoms with Gasteiger partial charge in [-0.05, 0) is 53.1 Å². The number of furan rings is 1. The van der Waals surface area contributed by atoms with E-state index in [9.17, 15) is 0 Å². The van der Waals surface area contributed by atoms with E-state index in [1.54, 1.807) is 0 Å². The number of hydrogen-bond acceptors (Lipinski definition) is 1. The minimum atomic E-state index is 0.0513. The number of aryl methyl sites for hydroxylation is 1. The van der Waals surface area contributed by atoms with Crippen LogP contribution in [0.3, 0.4) is 0 Å². The number of benzene rings is 6. The molecule has 0 atom stereocenters. The van der Waals surface area contributed by atoms with Gasteiger partial charge in [-0.15, -0.1) is 0 Å². The summed E-state index contributed by atoms with van der Waals surface area (Å²) >= 11 is 0. The van der Waals surface area contributed by atoms with Crippen LogP contribution >= 0.6 is 0 Å². The molecule has 9 aromatic rings. The third-order valence-corrected chi connectivity index (χ3v) is 10.5. The number of para-hydroxylation sites is 4. The summed E-state index contributed by atoms with van der Waals surface area (Å²) < 4.78 is 11.9. The lowest BCUT2D eigenvalue weighted by Crippen LogP contribution is -2.55. The summed E-state index contributed by atoms with van der Waals surface area (Å²) in [6.45, 7) is 2.32. The Morgan fingerprint density at radius 2 is 1.43 bits per heavy atom. The monoisotopic (exact) mass is 562 g/mol. The number of hydrogen-bond donors (Lipinski definition) is 0. The van der Waals surface area contributed by atoms with Gasteiger partial charge >= 0.3 is 6.85 Å². The maximum atomic E-state index is 6.69. The lowest BCUT2D eigenvalue weighted by molar-refractivity contribution is 0.669. The molecule has 3 nitrogen and oxygen atoms in total. The molecule has 5 heterocycles. The van der Waals surface area contributed by atoms with Gasteiger partial charge in [0, 0.05) is 60.7 Å². The van der Waals surface area contributed by atoms with Crippen molar-refractivity contribution in [1.82, 2.24) is 9.05 Å². The molecule has 3 aromatic heterocycles. The maximum Gasteiger partial charge on any atom is 0.333 e. The van der Waals surface area contributed by atoms with Crippen LogP contribution in [0.25, 0.3) is 82.4 Å². The Kier molecular flexibility index (Phi) is 4.25. The number of fused-ring (bicyclic) bond motifs is 14. The number of nitrogens with zero attached hydrogens (tertiary/aromatic N) is 2. The Balaban J connectivity index is 1.41. The molecule has 4 heteroatoms. The summed E-state index contributed by atoms with van der Waals surface area (Å²) in [4.78, 5) is 0. The first kappa shape index (κ1) is 23.3. The van der Waals surface area contributed by atoms with Gasteiger partial charge in [-0.3, -0.25) is 0 Å². The van der Waals surface area contributed by atoms with Crippen LogP contribution in [-0.4, -0.2) is 15.9 Å². The van der Waals surface area contributed by atoms with Crippen LogP contribution < -0.4 is 10.9 Å². The third-order valence-electron chi connectivity index (χ3n) is 10.5. The fourth-order valence-corrected chi connectivity index (χ4v) is 8.72. The van der Waals surface area contributed by atoms with Crippen molar-refractivity contribution in [2.24, 2.45) is 0 Å². The maximum absolute atomic E-state index is 6.69. The Morgan fingerprint density at radius 3 is 2.34 bits per heavy atom. The van der Waals surface area contributed by atoms with Gasteiger partial charge in [0.15, 0.2) is 0 Å². The van der Waals surface area contributed by atoms with E-state index in [4.69, 9.17) is 4.42 Å². The first-order chi connectivity index (χ1) is 21.8. The molecule has 0 spiro atoms. The van der Waals surface area contributed by atoms with Crippen LogP contribution in [0, 0.1) is 0 Å². The molecule has 6 aromatic carbocycles.